The first-order valence-electron chi connectivity index (χ1n) is 7.57. The highest BCUT2D eigenvalue weighted by Gasteiger charge is 2.55. The number of fused-ring (bicyclic) bond motifs is 1. The van der Waals surface area contributed by atoms with Crippen LogP contribution in [-0.4, -0.2) is 33.4 Å². The summed E-state index contributed by atoms with van der Waals surface area (Å²) >= 11 is 1.37. The van der Waals surface area contributed by atoms with Crippen LogP contribution < -0.4 is 9.67 Å². The maximum Gasteiger partial charge on any atom is 0.236 e. The monoisotopic (exact) mass is 334 g/mol. The van der Waals surface area contributed by atoms with E-state index in [1.54, 1.807) is 6.92 Å². The maximum absolute atomic E-state index is 12.1. The summed E-state index contributed by atoms with van der Waals surface area (Å²) in [7, 11) is 0. The van der Waals surface area contributed by atoms with Gasteiger partial charge in [-0.15, -0.1) is 11.8 Å². The maximum atomic E-state index is 12.1. The second-order valence-electron chi connectivity index (χ2n) is 5.76. The molecule has 6 nitrogen and oxygen atoms in total. The average molecular weight is 334 g/mol. The van der Waals surface area contributed by atoms with Gasteiger partial charge in [0, 0.05) is 23.5 Å². The molecule has 0 saturated carbocycles. The van der Waals surface area contributed by atoms with E-state index in [0.29, 0.717) is 11.3 Å². The first-order chi connectivity index (χ1) is 11.0. The lowest BCUT2D eigenvalue weighted by molar-refractivity contribution is -0.697. The van der Waals surface area contributed by atoms with E-state index < -0.39 is 18.0 Å². The molecule has 0 aliphatic carbocycles. The molecule has 2 aliphatic rings. The molecular formula is C16H18N2O4S. The van der Waals surface area contributed by atoms with E-state index in [-0.39, 0.29) is 17.0 Å². The summed E-state index contributed by atoms with van der Waals surface area (Å²) in [5, 5.41) is 20.8. The third-order valence-electron chi connectivity index (χ3n) is 4.16. The smallest absolute Gasteiger partial charge is 0.236 e. The Hall–Kier alpha value is -1.86. The molecule has 1 N–H and O–H groups in total. The number of carboxylic acid groups (broad SMARTS) is 1. The number of aliphatic hydroxyl groups is 1. The van der Waals surface area contributed by atoms with Crippen molar-refractivity contribution in [1.82, 2.24) is 4.90 Å². The van der Waals surface area contributed by atoms with E-state index in [0.717, 1.165) is 13.0 Å². The van der Waals surface area contributed by atoms with Crippen LogP contribution in [0.4, 0.5) is 0 Å². The highest BCUT2D eigenvalue weighted by Crippen LogP contribution is 2.51. The van der Waals surface area contributed by atoms with Gasteiger partial charge in [-0.05, 0) is 13.3 Å². The lowest BCUT2D eigenvalue weighted by Gasteiger charge is -2.44. The quantitative estimate of drug-likeness (QED) is 0.567. The molecule has 0 aromatic carbocycles. The van der Waals surface area contributed by atoms with Gasteiger partial charge in [0.2, 0.25) is 5.91 Å². The third-order valence-corrected chi connectivity index (χ3v) is 5.59. The van der Waals surface area contributed by atoms with Crippen molar-refractivity contribution in [2.75, 3.05) is 0 Å². The van der Waals surface area contributed by atoms with E-state index in [9.17, 15) is 19.8 Å². The lowest BCUT2D eigenvalue weighted by Crippen LogP contribution is -2.61. The Morgan fingerprint density at radius 3 is 2.74 bits per heavy atom. The van der Waals surface area contributed by atoms with Gasteiger partial charge < -0.3 is 15.0 Å². The zero-order valence-corrected chi connectivity index (χ0v) is 13.5. The number of allylic oxidation sites excluding steroid dienone is 1. The highest BCUT2D eigenvalue weighted by atomic mass is 32.2. The second-order valence-corrected chi connectivity index (χ2v) is 6.97. The number of aliphatic hydroxyl groups excluding tert-OH is 1. The Morgan fingerprint density at radius 1 is 1.43 bits per heavy atom. The zero-order valence-electron chi connectivity index (χ0n) is 12.7. The lowest BCUT2D eigenvalue weighted by atomic mass is 9.92. The molecule has 1 amide bonds. The van der Waals surface area contributed by atoms with Gasteiger partial charge in [0.1, 0.15) is 11.9 Å². The fourth-order valence-electron chi connectivity index (χ4n) is 3.03. The average Bonchev–Trinajstić information content (AvgIpc) is 2.82. The van der Waals surface area contributed by atoms with E-state index in [1.165, 1.54) is 16.7 Å². The van der Waals surface area contributed by atoms with Gasteiger partial charge in [-0.2, -0.15) is 0 Å². The van der Waals surface area contributed by atoms with Gasteiger partial charge in [-0.25, -0.2) is 4.57 Å². The predicted octanol–water partition coefficient (Wildman–Crippen LogP) is -0.372. The normalized spacial score (nSPS) is 24.4. The first kappa shape index (κ1) is 16.0. The molecule has 3 atom stereocenters. The van der Waals surface area contributed by atoms with E-state index in [1.807, 2.05) is 35.2 Å². The Bertz CT molecular complexity index is 659. The summed E-state index contributed by atoms with van der Waals surface area (Å²) in [6.45, 7) is 2.33. The Balaban J connectivity index is 1.69. The van der Waals surface area contributed by atoms with Gasteiger partial charge in [0.15, 0.2) is 12.4 Å². The van der Waals surface area contributed by atoms with Gasteiger partial charge in [-0.1, -0.05) is 6.07 Å². The molecule has 23 heavy (non-hydrogen) atoms. The Kier molecular flexibility index (Phi) is 4.41. The highest BCUT2D eigenvalue weighted by molar-refractivity contribution is 8.04. The molecular weight excluding hydrogens is 316 g/mol. The topological polar surface area (TPSA) is 84.5 Å². The molecule has 2 aliphatic heterocycles. The van der Waals surface area contributed by atoms with Crippen LogP contribution in [0.2, 0.25) is 0 Å². The number of hydrogen-bond donors (Lipinski definition) is 1. The van der Waals surface area contributed by atoms with Gasteiger partial charge >= 0.3 is 0 Å². The third kappa shape index (κ3) is 2.86. The van der Waals surface area contributed by atoms with Crippen LogP contribution in [0, 0.1) is 5.92 Å². The van der Waals surface area contributed by atoms with Gasteiger partial charge in [0.25, 0.3) is 0 Å². The largest absolute Gasteiger partial charge is 0.543 e. The summed E-state index contributed by atoms with van der Waals surface area (Å²) in [6, 6.07) is 5.81. The summed E-state index contributed by atoms with van der Waals surface area (Å²) < 4.78 is 2.03. The summed E-state index contributed by atoms with van der Waals surface area (Å²) in [6.07, 6.45) is 4.47. The van der Waals surface area contributed by atoms with Crippen molar-refractivity contribution in [3.8, 4) is 0 Å². The number of rotatable bonds is 6. The van der Waals surface area contributed by atoms with Crippen LogP contribution in [0.3, 0.4) is 0 Å². The van der Waals surface area contributed by atoms with Crippen LogP contribution in [0.15, 0.2) is 41.2 Å². The van der Waals surface area contributed by atoms with Crippen molar-refractivity contribution < 1.29 is 24.4 Å². The van der Waals surface area contributed by atoms with Crippen LogP contribution in [0.25, 0.3) is 0 Å². The minimum atomic E-state index is -1.32. The van der Waals surface area contributed by atoms with Crippen LogP contribution >= 0.6 is 11.8 Å². The molecule has 3 rings (SSSR count). The van der Waals surface area contributed by atoms with E-state index in [2.05, 4.69) is 0 Å². The minimum absolute atomic E-state index is 0.0139. The van der Waals surface area contributed by atoms with E-state index in [4.69, 9.17) is 0 Å². The number of aryl methyl sites for hydroxylation is 1. The number of aliphatic carboxylic acids is 1. The number of carbonyl (C=O) groups is 2. The van der Waals surface area contributed by atoms with Crippen LogP contribution in [0.1, 0.15) is 19.8 Å². The predicted molar refractivity (Wildman–Crippen MR) is 81.3 cm³/mol. The number of carbonyl (C=O) groups excluding carboxylic acids is 2. The standard InChI is InChI=1S/C16H18N2O4S/c1-10(19)12-14(20)18-13(16(21)22)11(23-15(12)18)6-5-9-17-7-3-2-4-8-17/h2-4,7-8,10,12,15,19H,5-6,9H2,1H3/t10-,12+,15-/m1/s1. The van der Waals surface area contributed by atoms with Crippen molar-refractivity contribution >= 4 is 23.6 Å². The van der Waals surface area contributed by atoms with Crippen molar-refractivity contribution in [3.05, 3.63) is 41.2 Å². The number of amides is 1. The molecule has 0 spiro atoms. The number of nitrogens with zero attached hydrogens (tertiary/aromatic N) is 2. The molecule has 1 aromatic rings. The van der Waals surface area contributed by atoms with Gasteiger partial charge in [-0.3, -0.25) is 9.69 Å². The van der Waals surface area contributed by atoms with Crippen LogP contribution in [-0.2, 0) is 16.1 Å². The van der Waals surface area contributed by atoms with Gasteiger partial charge in [0.05, 0.1) is 23.7 Å². The summed E-state index contributed by atoms with van der Waals surface area (Å²) in [5.74, 6) is -2.18. The summed E-state index contributed by atoms with van der Waals surface area (Å²) in [5.41, 5.74) is -0.0139. The number of pyridine rings is 1. The van der Waals surface area contributed by atoms with Crippen LogP contribution in [0.5, 0.6) is 0 Å². The van der Waals surface area contributed by atoms with Crippen molar-refractivity contribution in [3.63, 3.8) is 0 Å². The molecule has 1 aromatic heterocycles. The zero-order chi connectivity index (χ0) is 16.6. The second kappa shape index (κ2) is 6.33. The number of hydrogen-bond acceptors (Lipinski definition) is 5. The molecule has 1 saturated heterocycles. The van der Waals surface area contributed by atoms with Crippen molar-refractivity contribution in [1.29, 1.82) is 0 Å². The molecule has 1 fully saturated rings. The van der Waals surface area contributed by atoms with Crippen molar-refractivity contribution in [2.24, 2.45) is 5.92 Å². The summed E-state index contributed by atoms with van der Waals surface area (Å²) in [4.78, 5) is 25.4. The Morgan fingerprint density at radius 2 is 2.13 bits per heavy atom. The fraction of sp³-hybridized carbons (Fsp3) is 0.438. The molecule has 122 valence electrons. The molecule has 0 unspecified atom stereocenters. The molecule has 0 radical (unpaired) electrons. The molecule has 0 bridgehead atoms. The first-order valence-corrected chi connectivity index (χ1v) is 8.45. The van der Waals surface area contributed by atoms with E-state index >= 15 is 0 Å². The number of thioether (sulfide) groups is 1. The number of carboxylic acids is 1. The van der Waals surface area contributed by atoms with Crippen molar-refractivity contribution in [2.45, 2.75) is 37.8 Å². The minimum Gasteiger partial charge on any atom is -0.543 e. The molecule has 7 heteroatoms. The number of aromatic nitrogens is 1. The number of β-lactam (4-membered cyclic amide) rings is 1. The Labute approximate surface area is 138 Å². The molecule has 3 heterocycles. The SMILES string of the molecule is C[C@@H](O)[C@H]1C(=O)N2C(C(=O)[O-])=C(CCC[n+]3ccccc3)S[C@H]12. The fourth-order valence-corrected chi connectivity index (χ4v) is 4.68.